The molecule has 0 aromatic carbocycles. The monoisotopic (exact) mass is 372 g/mol. The zero-order chi connectivity index (χ0) is 16.6. The van der Waals surface area contributed by atoms with E-state index in [9.17, 15) is 0 Å². The second-order valence-corrected chi connectivity index (χ2v) is 7.48. The van der Waals surface area contributed by atoms with Gasteiger partial charge in [-0.25, -0.2) is 5.48 Å². The van der Waals surface area contributed by atoms with Gasteiger partial charge in [0.2, 0.25) is 5.96 Å². The van der Waals surface area contributed by atoms with E-state index in [1.807, 2.05) is 13.0 Å². The number of nitrogens with zero attached hydrogens (tertiary/aromatic N) is 3. The number of halogens is 2. The van der Waals surface area contributed by atoms with Crippen LogP contribution < -0.4 is 11.2 Å². The minimum absolute atomic E-state index is 0.110. The van der Waals surface area contributed by atoms with Gasteiger partial charge in [-0.05, 0) is 37.3 Å². The van der Waals surface area contributed by atoms with Gasteiger partial charge in [0.05, 0.1) is 20.1 Å². The Kier molecular flexibility index (Phi) is 4.58. The number of guanidine groups is 1. The summed E-state index contributed by atoms with van der Waals surface area (Å²) in [6, 6.07) is 1.88. The van der Waals surface area contributed by atoms with Crippen molar-refractivity contribution < 1.29 is 5.21 Å². The number of nitrogens with one attached hydrogen (secondary N) is 2. The predicted molar refractivity (Wildman–Crippen MR) is 91.8 cm³/mol. The number of thiophene rings is 1. The third-order valence-electron chi connectivity index (χ3n) is 3.71. The first-order chi connectivity index (χ1) is 11.0. The maximum atomic E-state index is 8.72. The van der Waals surface area contributed by atoms with Crippen molar-refractivity contribution in [2.75, 3.05) is 0 Å². The zero-order valence-corrected chi connectivity index (χ0v) is 14.4. The Morgan fingerprint density at radius 1 is 1.52 bits per heavy atom. The molecule has 3 rings (SSSR count). The molecule has 0 amide bonds. The number of rotatable bonds is 2. The maximum absolute atomic E-state index is 8.72. The Morgan fingerprint density at radius 3 is 2.96 bits per heavy atom. The lowest BCUT2D eigenvalue weighted by atomic mass is 9.82. The Bertz CT molecular complexity index is 796. The summed E-state index contributed by atoms with van der Waals surface area (Å²) >= 11 is 13.7. The highest BCUT2D eigenvalue weighted by molar-refractivity contribution is 7.20. The minimum Gasteiger partial charge on any atom is -0.367 e. The molecule has 1 atom stereocenters. The average Bonchev–Trinajstić information content (AvgIpc) is 3.06. The summed E-state index contributed by atoms with van der Waals surface area (Å²) < 4.78 is 1.33. The molecule has 1 unspecified atom stereocenters. The number of fused-ring (bicyclic) bond motifs is 1. The van der Waals surface area contributed by atoms with Gasteiger partial charge in [-0.1, -0.05) is 23.2 Å². The molecular formula is C13H14Cl2N6OS. The van der Waals surface area contributed by atoms with Crippen LogP contribution in [0.4, 0.5) is 0 Å². The molecule has 0 radical (unpaired) electrons. The topological polar surface area (TPSA) is 112 Å². The Hall–Kier alpha value is -1.61. The highest BCUT2D eigenvalue weighted by Crippen LogP contribution is 2.41. The van der Waals surface area contributed by atoms with E-state index in [1.165, 1.54) is 11.3 Å². The van der Waals surface area contributed by atoms with Gasteiger partial charge in [0.15, 0.2) is 0 Å². The molecule has 0 saturated carbocycles. The van der Waals surface area contributed by atoms with Crippen LogP contribution in [0.15, 0.2) is 16.3 Å². The molecule has 0 fully saturated rings. The van der Waals surface area contributed by atoms with Crippen LogP contribution in [0.25, 0.3) is 0 Å². The molecule has 1 aliphatic rings. The van der Waals surface area contributed by atoms with Crippen LogP contribution in [0, 0.1) is 6.92 Å². The summed E-state index contributed by atoms with van der Waals surface area (Å²) in [5.74, 6) is -0.0716. The van der Waals surface area contributed by atoms with E-state index in [-0.39, 0.29) is 11.9 Å². The summed E-state index contributed by atoms with van der Waals surface area (Å²) in [6.07, 6.45) is 1.37. The van der Waals surface area contributed by atoms with Gasteiger partial charge < -0.3 is 5.73 Å². The van der Waals surface area contributed by atoms with Crippen molar-refractivity contribution in [2.24, 2.45) is 15.9 Å². The van der Waals surface area contributed by atoms with Crippen LogP contribution in [-0.2, 0) is 6.42 Å². The SMILES string of the molecule is Cc1[nH]nc2c1/C(=N\N=C(N)NO)CC(c1cc(Cl)sc1Cl)C2. The summed E-state index contributed by atoms with van der Waals surface area (Å²) in [7, 11) is 0. The van der Waals surface area contributed by atoms with E-state index in [4.69, 9.17) is 34.1 Å². The number of H-pyrrole nitrogens is 1. The highest BCUT2D eigenvalue weighted by atomic mass is 35.5. The maximum Gasteiger partial charge on any atom is 0.237 e. The zero-order valence-electron chi connectivity index (χ0n) is 12.1. The van der Waals surface area contributed by atoms with Crippen molar-refractivity contribution in [1.82, 2.24) is 15.7 Å². The van der Waals surface area contributed by atoms with Crippen LogP contribution in [0.5, 0.6) is 0 Å². The minimum atomic E-state index is -0.182. The van der Waals surface area contributed by atoms with Crippen molar-refractivity contribution >= 4 is 46.2 Å². The molecule has 23 heavy (non-hydrogen) atoms. The molecule has 122 valence electrons. The van der Waals surface area contributed by atoms with Gasteiger partial charge in [0, 0.05) is 11.3 Å². The highest BCUT2D eigenvalue weighted by Gasteiger charge is 2.30. The second-order valence-electron chi connectivity index (χ2n) is 5.20. The third kappa shape index (κ3) is 3.20. The van der Waals surface area contributed by atoms with E-state index < -0.39 is 0 Å². The van der Waals surface area contributed by atoms with Crippen molar-refractivity contribution in [3.63, 3.8) is 0 Å². The Labute approximate surface area is 146 Å². The molecule has 1 aliphatic carbocycles. The van der Waals surface area contributed by atoms with Gasteiger partial charge in [0.25, 0.3) is 0 Å². The molecule has 2 aromatic rings. The molecule has 0 saturated heterocycles. The van der Waals surface area contributed by atoms with Crippen molar-refractivity contribution in [1.29, 1.82) is 0 Å². The van der Waals surface area contributed by atoms with Gasteiger partial charge in [-0.15, -0.1) is 16.4 Å². The van der Waals surface area contributed by atoms with Crippen LogP contribution in [0.1, 0.15) is 34.9 Å². The number of aromatic nitrogens is 2. The number of nitrogens with two attached hydrogens (primary N) is 1. The lowest BCUT2D eigenvalue weighted by Crippen LogP contribution is -2.28. The molecule has 2 aromatic heterocycles. The van der Waals surface area contributed by atoms with E-state index in [0.29, 0.717) is 15.1 Å². The number of aromatic amines is 1. The van der Waals surface area contributed by atoms with Gasteiger partial charge in [-0.3, -0.25) is 10.3 Å². The van der Waals surface area contributed by atoms with E-state index in [1.54, 1.807) is 5.48 Å². The molecule has 2 heterocycles. The van der Waals surface area contributed by atoms with Crippen LogP contribution in [0.3, 0.4) is 0 Å². The molecular weight excluding hydrogens is 359 g/mol. The number of hydrogen-bond donors (Lipinski definition) is 4. The molecule has 0 aliphatic heterocycles. The lowest BCUT2D eigenvalue weighted by molar-refractivity contribution is 0.232. The fourth-order valence-corrected chi connectivity index (χ4v) is 4.36. The lowest BCUT2D eigenvalue weighted by Gasteiger charge is -2.22. The smallest absolute Gasteiger partial charge is 0.237 e. The van der Waals surface area contributed by atoms with Crippen LogP contribution >= 0.6 is 34.5 Å². The normalized spacial score (nSPS) is 19.9. The third-order valence-corrected chi connectivity index (χ3v) is 5.22. The fraction of sp³-hybridized carbons (Fsp3) is 0.308. The summed E-state index contributed by atoms with van der Waals surface area (Å²) in [5.41, 5.74) is 11.6. The van der Waals surface area contributed by atoms with Crippen molar-refractivity contribution in [3.8, 4) is 0 Å². The summed E-state index contributed by atoms with van der Waals surface area (Å²) in [4.78, 5) is 0. The van der Waals surface area contributed by atoms with Gasteiger partial charge in [0.1, 0.15) is 0 Å². The number of hydroxylamine groups is 1. The summed E-state index contributed by atoms with van der Waals surface area (Å²) in [5, 5.41) is 24.0. The first kappa shape index (κ1) is 16.3. The Morgan fingerprint density at radius 2 is 2.30 bits per heavy atom. The average molecular weight is 373 g/mol. The quantitative estimate of drug-likeness (QED) is 0.368. The van der Waals surface area contributed by atoms with Gasteiger partial charge >= 0.3 is 0 Å². The fourth-order valence-electron chi connectivity index (χ4n) is 2.73. The molecule has 0 bridgehead atoms. The van der Waals surface area contributed by atoms with E-state index in [2.05, 4.69) is 20.4 Å². The van der Waals surface area contributed by atoms with Crippen molar-refractivity contribution in [3.05, 3.63) is 37.3 Å². The predicted octanol–water partition coefficient (Wildman–Crippen LogP) is 2.81. The molecule has 5 N–H and O–H groups in total. The van der Waals surface area contributed by atoms with E-state index >= 15 is 0 Å². The van der Waals surface area contributed by atoms with Gasteiger partial charge in [-0.2, -0.15) is 10.2 Å². The van der Waals surface area contributed by atoms with Crippen molar-refractivity contribution in [2.45, 2.75) is 25.7 Å². The van der Waals surface area contributed by atoms with E-state index in [0.717, 1.165) is 34.6 Å². The van der Waals surface area contributed by atoms with Crippen LogP contribution in [0.2, 0.25) is 8.67 Å². The first-order valence-electron chi connectivity index (χ1n) is 6.78. The molecule has 0 spiro atoms. The standard InChI is InChI=1S/C13H14Cl2N6OS/c1-5-11-8(18-17-5)2-6(7-4-10(14)23-12(7)15)3-9(11)19-20-13(16)21-22/h4,6,22H,2-3H2,1H3,(H,17,18)(H3,16,20,21)/b19-9-. The first-order valence-corrected chi connectivity index (χ1v) is 8.35. The second kappa shape index (κ2) is 6.48. The van der Waals surface area contributed by atoms with Crippen LogP contribution in [-0.4, -0.2) is 27.1 Å². The Balaban J connectivity index is 2.02. The summed E-state index contributed by atoms with van der Waals surface area (Å²) in [6.45, 7) is 1.92. The molecule has 10 heteroatoms. The largest absolute Gasteiger partial charge is 0.367 e. The number of aryl methyl sites for hydroxylation is 1. The molecule has 7 nitrogen and oxygen atoms in total. The number of hydrogen-bond acceptors (Lipinski definition) is 5.